The number of carbonyl (C=O) groups is 1. The maximum absolute atomic E-state index is 11.9. The molecule has 0 saturated carbocycles. The molecule has 1 heterocycles. The van der Waals surface area contributed by atoms with Crippen LogP contribution in [0.1, 0.15) is 10.4 Å². The minimum Gasteiger partial charge on any atom is -0.465 e. The Bertz CT molecular complexity index is 677. The van der Waals surface area contributed by atoms with Crippen molar-refractivity contribution in [3.8, 4) is 5.69 Å². The molecule has 98 valence electrons. The number of anilines is 1. The van der Waals surface area contributed by atoms with E-state index in [-0.39, 0.29) is 11.2 Å². The average molecular weight is 323 g/mol. The summed E-state index contributed by atoms with van der Waals surface area (Å²) in [5.41, 5.74) is 6.49. The number of halogens is 1. The van der Waals surface area contributed by atoms with E-state index in [1.807, 2.05) is 0 Å². The minimum atomic E-state index is -0.423. The van der Waals surface area contributed by atoms with Gasteiger partial charge in [0.2, 0.25) is 0 Å². The van der Waals surface area contributed by atoms with Gasteiger partial charge < -0.3 is 10.5 Å². The van der Waals surface area contributed by atoms with E-state index in [2.05, 4.69) is 20.7 Å². The van der Waals surface area contributed by atoms with Gasteiger partial charge in [-0.25, -0.2) is 4.79 Å². The quantitative estimate of drug-likeness (QED) is 0.858. The summed E-state index contributed by atoms with van der Waals surface area (Å²) in [6.45, 7) is 0. The number of hydrogen-bond donors (Lipinski definition) is 1. The first-order chi connectivity index (χ1) is 9.02. The van der Waals surface area contributed by atoms with Crippen LogP contribution in [-0.4, -0.2) is 17.6 Å². The van der Waals surface area contributed by atoms with Gasteiger partial charge in [-0.3, -0.25) is 9.36 Å². The second-order valence-electron chi connectivity index (χ2n) is 3.83. The molecule has 6 heteroatoms. The Labute approximate surface area is 117 Å². The van der Waals surface area contributed by atoms with Crippen molar-refractivity contribution in [2.75, 3.05) is 12.8 Å². The van der Waals surface area contributed by atoms with Crippen molar-refractivity contribution >= 4 is 27.6 Å². The summed E-state index contributed by atoms with van der Waals surface area (Å²) in [4.78, 5) is 23.2. The van der Waals surface area contributed by atoms with Crippen molar-refractivity contribution in [1.29, 1.82) is 0 Å². The Balaban J connectivity index is 2.49. The Morgan fingerprint density at radius 3 is 2.53 bits per heavy atom. The van der Waals surface area contributed by atoms with Gasteiger partial charge in [0.05, 0.1) is 18.4 Å². The molecule has 0 amide bonds. The van der Waals surface area contributed by atoms with Crippen LogP contribution in [0.15, 0.2) is 45.8 Å². The molecule has 0 aliphatic carbocycles. The summed E-state index contributed by atoms with van der Waals surface area (Å²) in [7, 11) is 1.32. The van der Waals surface area contributed by atoms with E-state index in [0.29, 0.717) is 15.7 Å². The summed E-state index contributed by atoms with van der Waals surface area (Å²) in [5.74, 6) is -0.423. The molecule has 0 aliphatic rings. The van der Waals surface area contributed by atoms with Crippen molar-refractivity contribution in [3.63, 3.8) is 0 Å². The first-order valence-corrected chi connectivity index (χ1v) is 6.18. The fourth-order valence-corrected chi connectivity index (χ4v) is 2.09. The van der Waals surface area contributed by atoms with Crippen molar-refractivity contribution in [2.45, 2.75) is 0 Å². The van der Waals surface area contributed by atoms with Crippen LogP contribution in [0.4, 0.5) is 5.69 Å². The van der Waals surface area contributed by atoms with Crippen molar-refractivity contribution in [3.05, 3.63) is 56.9 Å². The lowest BCUT2D eigenvalue weighted by Crippen LogP contribution is -2.20. The molecule has 2 N–H and O–H groups in total. The summed E-state index contributed by atoms with van der Waals surface area (Å²) in [5, 5.41) is 0. The maximum atomic E-state index is 11.9. The topological polar surface area (TPSA) is 74.3 Å². The Morgan fingerprint density at radius 1 is 1.32 bits per heavy atom. The number of pyridine rings is 1. The van der Waals surface area contributed by atoms with Gasteiger partial charge >= 0.3 is 5.97 Å². The number of nitrogens with zero attached hydrogens (tertiary/aromatic N) is 1. The van der Waals surface area contributed by atoms with E-state index in [0.717, 1.165) is 0 Å². The molecule has 0 saturated heterocycles. The highest BCUT2D eigenvalue weighted by Crippen LogP contribution is 2.14. The molecule has 0 bridgehead atoms. The lowest BCUT2D eigenvalue weighted by molar-refractivity contribution is 0.0601. The molecule has 0 radical (unpaired) electrons. The number of aromatic nitrogens is 1. The highest BCUT2D eigenvalue weighted by Gasteiger charge is 2.07. The van der Waals surface area contributed by atoms with E-state index in [9.17, 15) is 9.59 Å². The van der Waals surface area contributed by atoms with Crippen molar-refractivity contribution in [1.82, 2.24) is 4.57 Å². The summed E-state index contributed by atoms with van der Waals surface area (Å²) in [6.07, 6.45) is 1.62. The highest BCUT2D eigenvalue weighted by molar-refractivity contribution is 9.10. The summed E-state index contributed by atoms with van der Waals surface area (Å²) >= 11 is 3.28. The maximum Gasteiger partial charge on any atom is 0.337 e. The molecule has 0 aliphatic heterocycles. The van der Waals surface area contributed by atoms with Crippen LogP contribution >= 0.6 is 15.9 Å². The largest absolute Gasteiger partial charge is 0.465 e. The molecule has 19 heavy (non-hydrogen) atoms. The van der Waals surface area contributed by atoms with E-state index >= 15 is 0 Å². The summed E-state index contributed by atoms with van der Waals surface area (Å²) in [6, 6.07) is 8.02. The molecule has 0 fully saturated rings. The highest BCUT2D eigenvalue weighted by atomic mass is 79.9. The zero-order chi connectivity index (χ0) is 14.0. The molecule has 2 aromatic rings. The third-order valence-corrected chi connectivity index (χ3v) is 3.01. The molecular formula is C13H11BrN2O3. The van der Waals surface area contributed by atoms with Crippen LogP contribution < -0.4 is 11.3 Å². The molecule has 1 aromatic carbocycles. The predicted octanol–water partition coefficient (Wildman–Crippen LogP) is 1.97. The SMILES string of the molecule is COC(=O)c1ccc(-n2cc(Br)cc(N)c2=O)cc1. The molecule has 5 nitrogen and oxygen atoms in total. The van der Waals surface area contributed by atoms with Crippen LogP contribution in [0.5, 0.6) is 0 Å². The van der Waals surface area contributed by atoms with E-state index in [4.69, 9.17) is 5.73 Å². The monoisotopic (exact) mass is 322 g/mol. The van der Waals surface area contributed by atoms with Crippen LogP contribution in [0.25, 0.3) is 5.69 Å². The second kappa shape index (κ2) is 5.27. The van der Waals surface area contributed by atoms with Crippen molar-refractivity contribution in [2.24, 2.45) is 0 Å². The molecule has 1 aromatic heterocycles. The summed E-state index contributed by atoms with van der Waals surface area (Å²) < 4.78 is 6.71. The first kappa shape index (κ1) is 13.4. The Morgan fingerprint density at radius 2 is 1.95 bits per heavy atom. The standard InChI is InChI=1S/C13H11BrN2O3/c1-19-13(18)8-2-4-10(5-3-8)16-7-9(14)6-11(15)12(16)17/h2-7H,15H2,1H3. The van der Waals surface area contributed by atoms with Gasteiger partial charge in [0.25, 0.3) is 5.56 Å². The number of nitrogen functional groups attached to an aromatic ring is 1. The second-order valence-corrected chi connectivity index (χ2v) is 4.74. The van der Waals surface area contributed by atoms with Crippen LogP contribution in [-0.2, 0) is 4.74 Å². The number of rotatable bonds is 2. The number of carbonyl (C=O) groups excluding carboxylic acids is 1. The third-order valence-electron chi connectivity index (χ3n) is 2.58. The molecule has 2 rings (SSSR count). The minimum absolute atomic E-state index is 0.145. The van der Waals surface area contributed by atoms with Crippen LogP contribution in [0.2, 0.25) is 0 Å². The number of hydrogen-bond acceptors (Lipinski definition) is 4. The van der Waals surface area contributed by atoms with Gasteiger partial charge in [-0.15, -0.1) is 0 Å². The van der Waals surface area contributed by atoms with Gasteiger partial charge in [-0.1, -0.05) is 0 Å². The third kappa shape index (κ3) is 2.68. The fourth-order valence-electron chi connectivity index (χ4n) is 1.64. The van der Waals surface area contributed by atoms with Gasteiger partial charge in [-0.05, 0) is 46.3 Å². The zero-order valence-electron chi connectivity index (χ0n) is 10.1. The molecular weight excluding hydrogens is 312 g/mol. The van der Waals surface area contributed by atoms with Gasteiger partial charge in [-0.2, -0.15) is 0 Å². The normalized spacial score (nSPS) is 10.2. The average Bonchev–Trinajstić information content (AvgIpc) is 2.42. The van der Waals surface area contributed by atoms with Crippen LogP contribution in [0.3, 0.4) is 0 Å². The van der Waals surface area contributed by atoms with E-state index in [1.165, 1.54) is 11.7 Å². The van der Waals surface area contributed by atoms with Crippen molar-refractivity contribution < 1.29 is 9.53 Å². The van der Waals surface area contributed by atoms with E-state index in [1.54, 1.807) is 36.5 Å². The number of ether oxygens (including phenoxy) is 1. The Kier molecular flexibility index (Phi) is 3.71. The molecule has 0 spiro atoms. The fraction of sp³-hybridized carbons (Fsp3) is 0.0769. The van der Waals surface area contributed by atoms with Gasteiger partial charge in [0.1, 0.15) is 0 Å². The smallest absolute Gasteiger partial charge is 0.337 e. The predicted molar refractivity (Wildman–Crippen MR) is 75.5 cm³/mol. The van der Waals surface area contributed by atoms with Crippen LogP contribution in [0, 0.1) is 0 Å². The lowest BCUT2D eigenvalue weighted by atomic mass is 10.2. The lowest BCUT2D eigenvalue weighted by Gasteiger charge is -2.08. The molecule has 0 unspecified atom stereocenters. The van der Waals surface area contributed by atoms with Gasteiger partial charge in [0.15, 0.2) is 0 Å². The van der Waals surface area contributed by atoms with E-state index < -0.39 is 5.97 Å². The number of esters is 1. The number of nitrogens with two attached hydrogens (primary N) is 1. The Hall–Kier alpha value is -2.08. The first-order valence-electron chi connectivity index (χ1n) is 5.39. The zero-order valence-corrected chi connectivity index (χ0v) is 11.7. The number of methoxy groups -OCH3 is 1. The van der Waals surface area contributed by atoms with Gasteiger partial charge in [0, 0.05) is 16.4 Å². The number of benzene rings is 1. The molecule has 0 atom stereocenters.